The average molecular weight is 322 g/mol. The largest absolute Gasteiger partial charge is 0.296 e. The maximum Gasteiger partial charge on any atom is 0.296 e. The molecule has 0 aliphatic carbocycles. The first-order chi connectivity index (χ1) is 8.74. The number of aromatic nitrogens is 3. The van der Waals surface area contributed by atoms with Crippen molar-refractivity contribution in [2.75, 3.05) is 0 Å². The van der Waals surface area contributed by atoms with E-state index in [4.69, 9.17) is 10.7 Å². The smallest absolute Gasteiger partial charge is 0.295 e. The summed E-state index contributed by atoms with van der Waals surface area (Å²) in [4.78, 5) is 0. The summed E-state index contributed by atoms with van der Waals surface area (Å²) in [6.45, 7) is 14.3. The summed E-state index contributed by atoms with van der Waals surface area (Å²) in [5.74, 6) is 0.984. The third kappa shape index (κ3) is 3.95. The summed E-state index contributed by atoms with van der Waals surface area (Å²) in [6.07, 6.45) is 0.653. The van der Waals surface area contributed by atoms with Gasteiger partial charge in [-0.1, -0.05) is 27.7 Å². The van der Waals surface area contributed by atoms with E-state index in [0.29, 0.717) is 18.2 Å². The fraction of sp³-hybridized carbons (Fsp3) is 0.846. The monoisotopic (exact) mass is 321 g/mol. The Hall–Kier alpha value is -0.620. The van der Waals surface area contributed by atoms with Gasteiger partial charge in [0, 0.05) is 22.6 Å². The standard InChI is InChI=1S/C13H24ClN3O2S/c1-9(12(2,3)4)8-10-15-16-11(20(14,18)19)17(10)13(5,6)7/h9H,8H2,1-7H3. The molecule has 0 bridgehead atoms. The van der Waals surface area contributed by atoms with Crippen molar-refractivity contribution in [3.63, 3.8) is 0 Å². The fourth-order valence-electron chi connectivity index (χ4n) is 1.84. The van der Waals surface area contributed by atoms with Crippen LogP contribution in [-0.4, -0.2) is 23.2 Å². The molecule has 1 rings (SSSR count). The molecule has 0 radical (unpaired) electrons. The molecule has 0 saturated heterocycles. The Balaban J connectivity index is 3.34. The predicted octanol–water partition coefficient (Wildman–Crippen LogP) is 3.19. The Kier molecular flexibility index (Phi) is 4.62. The molecule has 20 heavy (non-hydrogen) atoms. The van der Waals surface area contributed by atoms with E-state index in [1.54, 1.807) is 4.57 Å². The summed E-state index contributed by atoms with van der Waals surface area (Å²) in [5, 5.41) is 7.66. The van der Waals surface area contributed by atoms with Crippen LogP contribution in [0.15, 0.2) is 5.16 Å². The Bertz CT molecular complexity index is 580. The van der Waals surface area contributed by atoms with Crippen LogP contribution in [0.1, 0.15) is 54.3 Å². The fourth-order valence-corrected chi connectivity index (χ4v) is 2.88. The minimum atomic E-state index is -3.91. The van der Waals surface area contributed by atoms with Gasteiger partial charge in [-0.15, -0.1) is 10.2 Å². The van der Waals surface area contributed by atoms with Gasteiger partial charge in [-0.3, -0.25) is 4.57 Å². The number of hydrogen-bond acceptors (Lipinski definition) is 4. The third-order valence-electron chi connectivity index (χ3n) is 3.56. The predicted molar refractivity (Wildman–Crippen MR) is 80.4 cm³/mol. The zero-order chi connectivity index (χ0) is 15.9. The molecule has 0 fully saturated rings. The lowest BCUT2D eigenvalue weighted by atomic mass is 9.80. The van der Waals surface area contributed by atoms with E-state index < -0.39 is 14.6 Å². The molecule has 116 valence electrons. The number of rotatable bonds is 3. The normalized spacial score (nSPS) is 15.4. The second-order valence-corrected chi connectivity index (χ2v) is 9.77. The Morgan fingerprint density at radius 3 is 2.00 bits per heavy atom. The molecule has 0 aromatic carbocycles. The van der Waals surface area contributed by atoms with Crippen LogP contribution >= 0.6 is 10.7 Å². The van der Waals surface area contributed by atoms with Crippen LogP contribution in [-0.2, 0) is 21.0 Å². The maximum absolute atomic E-state index is 11.6. The molecule has 1 aromatic rings. The van der Waals surface area contributed by atoms with Gasteiger partial charge >= 0.3 is 0 Å². The highest BCUT2D eigenvalue weighted by Crippen LogP contribution is 2.31. The van der Waals surface area contributed by atoms with Crippen LogP contribution in [0.4, 0.5) is 0 Å². The van der Waals surface area contributed by atoms with Crippen molar-refractivity contribution < 1.29 is 8.42 Å². The molecule has 1 atom stereocenters. The number of hydrogen-bond donors (Lipinski definition) is 0. The molecule has 7 heteroatoms. The first-order valence-electron chi connectivity index (χ1n) is 6.64. The molecule has 1 aromatic heterocycles. The van der Waals surface area contributed by atoms with E-state index in [1.807, 2.05) is 20.8 Å². The second kappa shape index (κ2) is 5.30. The summed E-state index contributed by atoms with van der Waals surface area (Å²) in [5.41, 5.74) is -0.345. The molecule has 5 nitrogen and oxygen atoms in total. The SMILES string of the molecule is CC(Cc1nnc(S(=O)(=O)Cl)n1C(C)(C)C)C(C)(C)C. The molecular formula is C13H24ClN3O2S. The van der Waals surface area contributed by atoms with Crippen LogP contribution in [0.3, 0.4) is 0 Å². The van der Waals surface area contributed by atoms with E-state index in [0.717, 1.165) is 0 Å². The first kappa shape index (κ1) is 17.4. The van der Waals surface area contributed by atoms with E-state index in [-0.39, 0.29) is 10.6 Å². The summed E-state index contributed by atoms with van der Waals surface area (Å²) >= 11 is 0. The molecule has 0 aliphatic rings. The van der Waals surface area contributed by atoms with Gasteiger partial charge < -0.3 is 0 Å². The van der Waals surface area contributed by atoms with Crippen molar-refractivity contribution in [1.82, 2.24) is 14.8 Å². The van der Waals surface area contributed by atoms with E-state index >= 15 is 0 Å². The molecule has 0 N–H and O–H groups in total. The van der Waals surface area contributed by atoms with Gasteiger partial charge in [0.2, 0.25) is 0 Å². The van der Waals surface area contributed by atoms with Crippen molar-refractivity contribution in [2.45, 2.75) is 65.6 Å². The molecule has 0 saturated carbocycles. The van der Waals surface area contributed by atoms with Crippen molar-refractivity contribution in [1.29, 1.82) is 0 Å². The minimum absolute atomic E-state index is 0.106. The zero-order valence-electron chi connectivity index (χ0n) is 13.2. The zero-order valence-corrected chi connectivity index (χ0v) is 14.8. The van der Waals surface area contributed by atoms with Gasteiger partial charge in [-0.25, -0.2) is 8.42 Å². The van der Waals surface area contributed by atoms with Crippen molar-refractivity contribution in [2.24, 2.45) is 11.3 Å². The van der Waals surface area contributed by atoms with Crippen LogP contribution in [0.5, 0.6) is 0 Å². The Morgan fingerprint density at radius 1 is 1.15 bits per heavy atom. The minimum Gasteiger partial charge on any atom is -0.295 e. The topological polar surface area (TPSA) is 64.8 Å². The summed E-state index contributed by atoms with van der Waals surface area (Å²) in [7, 11) is 1.55. The highest BCUT2D eigenvalue weighted by atomic mass is 35.7. The van der Waals surface area contributed by atoms with Gasteiger partial charge in [0.15, 0.2) is 0 Å². The van der Waals surface area contributed by atoms with Crippen LogP contribution in [0, 0.1) is 11.3 Å². The number of halogens is 1. The molecular weight excluding hydrogens is 298 g/mol. The lowest BCUT2D eigenvalue weighted by Crippen LogP contribution is -2.29. The number of nitrogens with zero attached hydrogens (tertiary/aromatic N) is 3. The summed E-state index contributed by atoms with van der Waals surface area (Å²) < 4.78 is 24.9. The van der Waals surface area contributed by atoms with Crippen molar-refractivity contribution >= 4 is 19.7 Å². The molecule has 1 heterocycles. The first-order valence-corrected chi connectivity index (χ1v) is 8.95. The Morgan fingerprint density at radius 2 is 1.65 bits per heavy atom. The van der Waals surface area contributed by atoms with Crippen molar-refractivity contribution in [3.8, 4) is 0 Å². The summed E-state index contributed by atoms with van der Waals surface area (Å²) in [6, 6.07) is 0. The van der Waals surface area contributed by atoms with Gasteiger partial charge in [0.1, 0.15) is 5.82 Å². The highest BCUT2D eigenvalue weighted by molar-refractivity contribution is 8.13. The van der Waals surface area contributed by atoms with Gasteiger partial charge in [0.25, 0.3) is 14.2 Å². The Labute approximate surface area is 126 Å². The third-order valence-corrected chi connectivity index (χ3v) is 4.67. The van der Waals surface area contributed by atoms with Crippen LogP contribution in [0.2, 0.25) is 0 Å². The van der Waals surface area contributed by atoms with Crippen LogP contribution in [0.25, 0.3) is 0 Å². The van der Waals surface area contributed by atoms with Gasteiger partial charge in [-0.2, -0.15) is 0 Å². The lowest BCUT2D eigenvalue weighted by molar-refractivity contribution is 0.246. The maximum atomic E-state index is 11.6. The van der Waals surface area contributed by atoms with E-state index in [9.17, 15) is 8.42 Å². The second-order valence-electron chi connectivity index (χ2n) is 7.31. The molecule has 0 spiro atoms. The van der Waals surface area contributed by atoms with Gasteiger partial charge in [0.05, 0.1) is 0 Å². The lowest BCUT2D eigenvalue weighted by Gasteiger charge is -2.29. The van der Waals surface area contributed by atoms with E-state index in [2.05, 4.69) is 37.9 Å². The molecule has 0 amide bonds. The quantitative estimate of drug-likeness (QED) is 0.802. The van der Waals surface area contributed by atoms with Crippen LogP contribution < -0.4 is 0 Å². The van der Waals surface area contributed by atoms with E-state index in [1.165, 1.54) is 0 Å². The molecule has 0 aliphatic heterocycles. The van der Waals surface area contributed by atoms with Gasteiger partial charge in [-0.05, 0) is 32.1 Å². The highest BCUT2D eigenvalue weighted by Gasteiger charge is 2.31. The van der Waals surface area contributed by atoms with Crippen molar-refractivity contribution in [3.05, 3.63) is 5.82 Å². The average Bonchev–Trinajstić information content (AvgIpc) is 2.58. The molecule has 1 unspecified atom stereocenters.